The van der Waals surface area contributed by atoms with Crippen LogP contribution in [0.1, 0.15) is 36.2 Å². The number of nitrogens with zero attached hydrogens (tertiary/aromatic N) is 3. The zero-order chi connectivity index (χ0) is 32.6. The molecule has 0 N–H and O–H groups in total. The minimum atomic E-state index is -0.175. The van der Waals surface area contributed by atoms with E-state index in [0.29, 0.717) is 5.82 Å². The zero-order valence-corrected chi connectivity index (χ0v) is 27.2. The van der Waals surface area contributed by atoms with Gasteiger partial charge in [-0.15, -0.1) is 0 Å². The van der Waals surface area contributed by atoms with Gasteiger partial charge in [0.15, 0.2) is 5.82 Å². The molecule has 48 heavy (non-hydrogen) atoms. The summed E-state index contributed by atoms with van der Waals surface area (Å²) in [5, 5.41) is 3.26. The number of aromatic nitrogens is 3. The van der Waals surface area contributed by atoms with E-state index in [2.05, 4.69) is 117 Å². The van der Waals surface area contributed by atoms with Gasteiger partial charge in [-0.25, -0.2) is 9.97 Å². The van der Waals surface area contributed by atoms with Gasteiger partial charge < -0.3 is 4.42 Å². The topological polar surface area (TPSA) is 43.9 Å². The molecule has 4 heteroatoms. The molecule has 0 spiro atoms. The van der Waals surface area contributed by atoms with Crippen LogP contribution in [0.25, 0.3) is 73.0 Å². The van der Waals surface area contributed by atoms with E-state index in [1.165, 1.54) is 11.1 Å². The Morgan fingerprint density at radius 1 is 0.729 bits per heavy atom. The van der Waals surface area contributed by atoms with Crippen LogP contribution < -0.4 is 0 Å². The van der Waals surface area contributed by atoms with Crippen LogP contribution in [0.4, 0.5) is 0 Å². The maximum absolute atomic E-state index is 6.70. The van der Waals surface area contributed by atoms with Gasteiger partial charge in [-0.1, -0.05) is 124 Å². The lowest BCUT2D eigenvalue weighted by Gasteiger charge is -2.20. The predicted molar refractivity (Wildman–Crippen MR) is 198 cm³/mol. The quantitative estimate of drug-likeness (QED) is 0.197. The summed E-state index contributed by atoms with van der Waals surface area (Å²) in [5.74, 6) is 1.48. The molecule has 4 nitrogen and oxygen atoms in total. The first-order valence-electron chi connectivity index (χ1n) is 16.4. The number of hydrogen-bond donors (Lipinski definition) is 0. The van der Waals surface area contributed by atoms with Crippen LogP contribution in [-0.4, -0.2) is 14.5 Å². The summed E-state index contributed by atoms with van der Waals surface area (Å²) in [6.45, 7) is 11.4. The van der Waals surface area contributed by atoms with Crippen molar-refractivity contribution in [3.05, 3.63) is 162 Å². The van der Waals surface area contributed by atoms with E-state index in [9.17, 15) is 0 Å². The van der Waals surface area contributed by atoms with Crippen LogP contribution >= 0.6 is 0 Å². The minimum absolute atomic E-state index is 0.175. The lowest BCUT2D eigenvalue weighted by atomic mass is 9.83. The standard InChI is InChI=1S/C44H33N3O/c1-27-34(31-19-11-13-21-36(31)44(27,3)4)25-35-28(2)47(38-24-23-33-32-20-12-14-22-39(32)48-42(33)41(35)38)40-26-37(29-15-7-5-8-16-29)45-43(46-40)30-17-9-6-10-18-30/h5-26H,1H2,2-4H3/b34-25+. The molecule has 9 rings (SSSR count). The summed E-state index contributed by atoms with van der Waals surface area (Å²) in [6, 6.07) is 44.0. The normalized spacial score (nSPS) is 14.8. The first-order valence-corrected chi connectivity index (χ1v) is 16.4. The van der Waals surface area contributed by atoms with Crippen LogP contribution in [0.3, 0.4) is 0 Å². The van der Waals surface area contributed by atoms with Crippen molar-refractivity contribution in [2.24, 2.45) is 0 Å². The highest BCUT2D eigenvalue weighted by Gasteiger charge is 2.37. The number of rotatable bonds is 4. The lowest BCUT2D eigenvalue weighted by molar-refractivity contribution is 0.663. The molecule has 0 saturated heterocycles. The van der Waals surface area contributed by atoms with Crippen molar-refractivity contribution in [2.45, 2.75) is 26.2 Å². The van der Waals surface area contributed by atoms with Crippen LogP contribution in [0.5, 0.6) is 0 Å². The Hall–Kier alpha value is -6.00. The molecule has 0 amide bonds. The second-order valence-electron chi connectivity index (χ2n) is 13.1. The van der Waals surface area contributed by atoms with Gasteiger partial charge in [-0.3, -0.25) is 4.57 Å². The van der Waals surface area contributed by atoms with Crippen LogP contribution in [0.2, 0.25) is 0 Å². The molecular weight excluding hydrogens is 587 g/mol. The molecule has 1 aliphatic rings. The Bertz CT molecular complexity index is 2540. The van der Waals surface area contributed by atoms with Gasteiger partial charge in [0.1, 0.15) is 17.0 Å². The maximum Gasteiger partial charge on any atom is 0.162 e. The average molecular weight is 620 g/mol. The van der Waals surface area contributed by atoms with E-state index in [4.69, 9.17) is 14.4 Å². The molecule has 230 valence electrons. The highest BCUT2D eigenvalue weighted by molar-refractivity contribution is 6.18. The number of allylic oxidation sites excluding steroid dienone is 2. The second-order valence-corrected chi connectivity index (χ2v) is 13.1. The first kappa shape index (κ1) is 28.2. The van der Waals surface area contributed by atoms with Crippen molar-refractivity contribution in [2.75, 3.05) is 0 Å². The van der Waals surface area contributed by atoms with E-state index in [1.807, 2.05) is 48.5 Å². The van der Waals surface area contributed by atoms with Crippen LogP contribution in [-0.2, 0) is 5.41 Å². The highest BCUT2D eigenvalue weighted by Crippen LogP contribution is 2.50. The molecule has 0 fully saturated rings. The summed E-state index contributed by atoms with van der Waals surface area (Å²) < 4.78 is 8.97. The molecule has 3 aromatic heterocycles. The van der Waals surface area contributed by atoms with Crippen LogP contribution in [0, 0.1) is 6.92 Å². The number of furan rings is 1. The van der Waals surface area contributed by atoms with Gasteiger partial charge in [0.2, 0.25) is 0 Å². The summed E-state index contributed by atoms with van der Waals surface area (Å²) in [6.07, 6.45) is 2.33. The fourth-order valence-corrected chi connectivity index (χ4v) is 7.44. The molecular formula is C44H33N3O. The van der Waals surface area contributed by atoms with E-state index in [0.717, 1.165) is 77.9 Å². The SMILES string of the molecule is C=C1/C(=C\c2c(C)n(-c3cc(-c4ccccc4)nc(-c4ccccc4)n3)c3ccc4c5ccccc5oc4c23)c2ccccc2C1(C)C. The average Bonchev–Trinajstić information content (AvgIpc) is 3.71. The maximum atomic E-state index is 6.70. The zero-order valence-electron chi connectivity index (χ0n) is 27.2. The predicted octanol–water partition coefficient (Wildman–Crippen LogP) is 11.4. The Morgan fingerprint density at radius 3 is 2.21 bits per heavy atom. The molecule has 0 aliphatic heterocycles. The number of hydrogen-bond acceptors (Lipinski definition) is 3. The third-order valence-corrected chi connectivity index (χ3v) is 10.1. The van der Waals surface area contributed by atoms with Gasteiger partial charge in [-0.2, -0.15) is 0 Å². The van der Waals surface area contributed by atoms with E-state index in [-0.39, 0.29) is 5.41 Å². The Labute approximate surface area is 279 Å². The van der Waals surface area contributed by atoms with Crippen molar-refractivity contribution in [1.29, 1.82) is 0 Å². The lowest BCUT2D eigenvalue weighted by Crippen LogP contribution is -2.14. The molecule has 0 unspecified atom stereocenters. The van der Waals surface area contributed by atoms with Crippen molar-refractivity contribution < 1.29 is 4.42 Å². The highest BCUT2D eigenvalue weighted by atomic mass is 16.3. The van der Waals surface area contributed by atoms with Gasteiger partial charge in [0, 0.05) is 44.6 Å². The Kier molecular flexibility index (Phi) is 6.18. The number of fused-ring (bicyclic) bond motifs is 6. The van der Waals surface area contributed by atoms with Gasteiger partial charge in [0.05, 0.1) is 16.6 Å². The summed E-state index contributed by atoms with van der Waals surface area (Å²) in [4.78, 5) is 10.3. The largest absolute Gasteiger partial charge is 0.455 e. The third-order valence-electron chi connectivity index (χ3n) is 10.1. The van der Waals surface area contributed by atoms with Crippen LogP contribution in [0.15, 0.2) is 144 Å². The van der Waals surface area contributed by atoms with Crippen molar-refractivity contribution >= 4 is 44.5 Å². The van der Waals surface area contributed by atoms with E-state index < -0.39 is 0 Å². The van der Waals surface area contributed by atoms with Gasteiger partial charge >= 0.3 is 0 Å². The molecule has 0 saturated carbocycles. The molecule has 0 radical (unpaired) electrons. The van der Waals surface area contributed by atoms with Gasteiger partial charge in [-0.05, 0) is 53.5 Å². The Morgan fingerprint density at radius 2 is 1.42 bits per heavy atom. The summed E-state index contributed by atoms with van der Waals surface area (Å²) in [7, 11) is 0. The third kappa shape index (κ3) is 4.16. The fraction of sp³-hybridized carbons (Fsp3) is 0.0909. The number of benzene rings is 5. The summed E-state index contributed by atoms with van der Waals surface area (Å²) >= 11 is 0. The minimum Gasteiger partial charge on any atom is -0.455 e. The molecule has 8 aromatic rings. The molecule has 0 atom stereocenters. The summed E-state index contributed by atoms with van der Waals surface area (Å²) in [5.41, 5.74) is 12.4. The van der Waals surface area contributed by atoms with E-state index >= 15 is 0 Å². The fourth-order valence-electron chi connectivity index (χ4n) is 7.44. The molecule has 1 aliphatic carbocycles. The second kappa shape index (κ2) is 10.5. The number of para-hydroxylation sites is 1. The molecule has 0 bridgehead atoms. The molecule has 5 aromatic carbocycles. The molecule has 3 heterocycles. The Balaban J connectivity index is 1.39. The van der Waals surface area contributed by atoms with E-state index in [1.54, 1.807) is 0 Å². The van der Waals surface area contributed by atoms with Gasteiger partial charge in [0.25, 0.3) is 0 Å². The monoisotopic (exact) mass is 619 g/mol. The first-order chi connectivity index (χ1) is 23.4. The van der Waals surface area contributed by atoms with Crippen molar-refractivity contribution in [3.63, 3.8) is 0 Å². The smallest absolute Gasteiger partial charge is 0.162 e. The van der Waals surface area contributed by atoms with Crippen molar-refractivity contribution in [3.8, 4) is 28.5 Å². The van der Waals surface area contributed by atoms with Crippen molar-refractivity contribution in [1.82, 2.24) is 14.5 Å².